The molecule has 0 aromatic heterocycles. The summed E-state index contributed by atoms with van der Waals surface area (Å²) >= 11 is 0. The minimum Gasteiger partial charge on any atom is -0.252 e. The van der Waals surface area contributed by atoms with Crippen molar-refractivity contribution in [2.75, 3.05) is 0 Å². The van der Waals surface area contributed by atoms with Gasteiger partial charge in [-0.15, -0.1) is 0 Å². The monoisotopic (exact) mass is 301 g/mol. The molecular weight excluding hydrogens is 282 g/mol. The Hall–Kier alpha value is -2.81. The SMILES string of the molecule is CC(=Nc1ccccc1)C1=CCC(C(C)=Nc2ccccc2)=N1. The van der Waals surface area contributed by atoms with Crippen molar-refractivity contribution in [3.63, 3.8) is 0 Å². The number of rotatable bonds is 4. The molecule has 1 heterocycles. The van der Waals surface area contributed by atoms with E-state index in [1.807, 2.05) is 74.5 Å². The smallest absolute Gasteiger partial charge is 0.0810 e. The molecular formula is C20H19N3. The largest absolute Gasteiger partial charge is 0.252 e. The van der Waals surface area contributed by atoms with Crippen LogP contribution in [0.2, 0.25) is 0 Å². The second-order valence-corrected chi connectivity index (χ2v) is 5.42. The van der Waals surface area contributed by atoms with Crippen molar-refractivity contribution in [3.05, 3.63) is 72.4 Å². The number of allylic oxidation sites excluding steroid dienone is 2. The summed E-state index contributed by atoms with van der Waals surface area (Å²) in [6, 6.07) is 19.9. The summed E-state index contributed by atoms with van der Waals surface area (Å²) in [6.45, 7) is 4.00. The zero-order valence-corrected chi connectivity index (χ0v) is 13.4. The van der Waals surface area contributed by atoms with E-state index in [9.17, 15) is 0 Å². The molecule has 0 N–H and O–H groups in total. The molecule has 0 radical (unpaired) electrons. The third-order valence-corrected chi connectivity index (χ3v) is 3.64. The molecule has 0 aliphatic carbocycles. The van der Waals surface area contributed by atoms with Crippen LogP contribution in [0, 0.1) is 0 Å². The number of hydrogen-bond acceptors (Lipinski definition) is 3. The van der Waals surface area contributed by atoms with Gasteiger partial charge in [-0.1, -0.05) is 42.5 Å². The molecule has 3 rings (SSSR count). The molecule has 0 saturated carbocycles. The van der Waals surface area contributed by atoms with Gasteiger partial charge in [-0.25, -0.2) is 4.99 Å². The maximum Gasteiger partial charge on any atom is 0.0810 e. The lowest BCUT2D eigenvalue weighted by Crippen LogP contribution is -2.06. The van der Waals surface area contributed by atoms with Crippen LogP contribution in [-0.2, 0) is 0 Å². The Labute approximate surface area is 136 Å². The Balaban J connectivity index is 1.77. The summed E-state index contributed by atoms with van der Waals surface area (Å²) in [5.74, 6) is 0. The quantitative estimate of drug-likeness (QED) is 0.687. The van der Waals surface area contributed by atoms with Crippen LogP contribution in [-0.4, -0.2) is 17.1 Å². The first kappa shape index (κ1) is 15.1. The number of aliphatic imine (C=N–C) groups is 3. The van der Waals surface area contributed by atoms with E-state index in [4.69, 9.17) is 4.99 Å². The van der Waals surface area contributed by atoms with Crippen LogP contribution in [0.3, 0.4) is 0 Å². The van der Waals surface area contributed by atoms with Crippen molar-refractivity contribution in [3.8, 4) is 0 Å². The molecule has 0 saturated heterocycles. The van der Waals surface area contributed by atoms with Crippen molar-refractivity contribution >= 4 is 28.5 Å². The van der Waals surface area contributed by atoms with Gasteiger partial charge in [-0.3, -0.25) is 9.98 Å². The van der Waals surface area contributed by atoms with E-state index in [1.165, 1.54) is 0 Å². The van der Waals surface area contributed by atoms with Gasteiger partial charge in [0.05, 0.1) is 34.2 Å². The molecule has 2 aromatic rings. The highest BCUT2D eigenvalue weighted by molar-refractivity contribution is 6.43. The fraction of sp³-hybridized carbons (Fsp3) is 0.150. The minimum absolute atomic E-state index is 0.805. The minimum atomic E-state index is 0.805. The first-order valence-electron chi connectivity index (χ1n) is 7.71. The van der Waals surface area contributed by atoms with E-state index in [-0.39, 0.29) is 0 Å². The second-order valence-electron chi connectivity index (χ2n) is 5.42. The lowest BCUT2D eigenvalue weighted by molar-refractivity contribution is 1.41. The van der Waals surface area contributed by atoms with Crippen LogP contribution in [0.25, 0.3) is 0 Å². The van der Waals surface area contributed by atoms with E-state index in [1.54, 1.807) is 0 Å². The first-order valence-corrected chi connectivity index (χ1v) is 7.71. The molecule has 0 bridgehead atoms. The summed E-state index contributed by atoms with van der Waals surface area (Å²) in [7, 11) is 0. The lowest BCUT2D eigenvalue weighted by atomic mass is 10.2. The highest BCUT2D eigenvalue weighted by atomic mass is 14.9. The zero-order valence-electron chi connectivity index (χ0n) is 13.4. The van der Waals surface area contributed by atoms with Crippen LogP contribution in [0.15, 0.2) is 87.4 Å². The average molecular weight is 301 g/mol. The molecule has 2 aromatic carbocycles. The van der Waals surface area contributed by atoms with E-state index < -0.39 is 0 Å². The topological polar surface area (TPSA) is 37.1 Å². The molecule has 1 aliphatic heterocycles. The second kappa shape index (κ2) is 6.97. The highest BCUT2D eigenvalue weighted by Crippen LogP contribution is 2.19. The van der Waals surface area contributed by atoms with Crippen LogP contribution >= 0.6 is 0 Å². The Morgan fingerprint density at radius 2 is 1.30 bits per heavy atom. The van der Waals surface area contributed by atoms with Gasteiger partial charge in [0, 0.05) is 6.42 Å². The molecule has 0 fully saturated rings. The van der Waals surface area contributed by atoms with Gasteiger partial charge in [-0.2, -0.15) is 0 Å². The van der Waals surface area contributed by atoms with Crippen molar-refractivity contribution in [2.45, 2.75) is 20.3 Å². The summed E-state index contributed by atoms with van der Waals surface area (Å²) in [5, 5.41) is 0. The fourth-order valence-electron chi connectivity index (χ4n) is 2.40. The highest BCUT2D eigenvalue weighted by Gasteiger charge is 2.13. The molecule has 0 amide bonds. The van der Waals surface area contributed by atoms with E-state index >= 15 is 0 Å². The molecule has 0 unspecified atom stereocenters. The standard InChI is InChI=1S/C20H19N3/c1-15(21-17-9-5-3-6-10-17)19-13-14-20(23-19)16(2)22-18-11-7-4-8-12-18/h3-13H,14H2,1-2H3. The van der Waals surface area contributed by atoms with Crippen LogP contribution in [0.1, 0.15) is 20.3 Å². The number of para-hydroxylation sites is 2. The van der Waals surface area contributed by atoms with Crippen molar-refractivity contribution in [1.82, 2.24) is 0 Å². The van der Waals surface area contributed by atoms with Crippen molar-refractivity contribution < 1.29 is 0 Å². The number of nitrogens with zero attached hydrogens (tertiary/aromatic N) is 3. The van der Waals surface area contributed by atoms with E-state index in [2.05, 4.69) is 16.1 Å². The average Bonchev–Trinajstić information content (AvgIpc) is 3.07. The predicted octanol–water partition coefficient (Wildman–Crippen LogP) is 5.30. The first-order chi connectivity index (χ1) is 11.2. The Kier molecular flexibility index (Phi) is 4.57. The van der Waals surface area contributed by atoms with Crippen LogP contribution in [0.4, 0.5) is 11.4 Å². The van der Waals surface area contributed by atoms with Crippen LogP contribution < -0.4 is 0 Å². The maximum absolute atomic E-state index is 4.70. The molecule has 3 heteroatoms. The summed E-state index contributed by atoms with van der Waals surface area (Å²) in [5.41, 5.74) is 5.73. The van der Waals surface area contributed by atoms with Crippen molar-refractivity contribution in [1.29, 1.82) is 0 Å². The van der Waals surface area contributed by atoms with Crippen molar-refractivity contribution in [2.24, 2.45) is 15.0 Å². The Morgan fingerprint density at radius 1 is 0.783 bits per heavy atom. The van der Waals surface area contributed by atoms with Gasteiger partial charge in [0.1, 0.15) is 0 Å². The normalized spacial score (nSPS) is 15.4. The molecule has 0 atom stereocenters. The maximum atomic E-state index is 4.70. The van der Waals surface area contributed by atoms with Gasteiger partial charge >= 0.3 is 0 Å². The molecule has 114 valence electrons. The third kappa shape index (κ3) is 3.89. The molecule has 23 heavy (non-hydrogen) atoms. The van der Waals surface area contributed by atoms with Gasteiger partial charge < -0.3 is 0 Å². The van der Waals surface area contributed by atoms with Gasteiger partial charge in [0.15, 0.2) is 0 Å². The number of hydrogen-bond donors (Lipinski definition) is 0. The number of benzene rings is 2. The molecule has 3 nitrogen and oxygen atoms in total. The third-order valence-electron chi connectivity index (χ3n) is 3.64. The zero-order chi connectivity index (χ0) is 16.1. The van der Waals surface area contributed by atoms with E-state index in [0.29, 0.717) is 0 Å². The van der Waals surface area contributed by atoms with E-state index in [0.717, 1.165) is 40.6 Å². The van der Waals surface area contributed by atoms with Gasteiger partial charge in [0.2, 0.25) is 0 Å². The fourth-order valence-corrected chi connectivity index (χ4v) is 2.40. The Bertz CT molecular complexity index is 797. The summed E-state index contributed by atoms with van der Waals surface area (Å²) in [6.07, 6.45) is 2.92. The summed E-state index contributed by atoms with van der Waals surface area (Å²) < 4.78 is 0. The molecule has 1 aliphatic rings. The van der Waals surface area contributed by atoms with Gasteiger partial charge in [-0.05, 0) is 38.1 Å². The predicted molar refractivity (Wildman–Crippen MR) is 98.6 cm³/mol. The summed E-state index contributed by atoms with van der Waals surface area (Å²) in [4.78, 5) is 13.9. The van der Waals surface area contributed by atoms with Crippen LogP contribution in [0.5, 0.6) is 0 Å². The molecule has 0 spiro atoms. The van der Waals surface area contributed by atoms with Gasteiger partial charge in [0.25, 0.3) is 0 Å². The lowest BCUT2D eigenvalue weighted by Gasteiger charge is -2.01. The Morgan fingerprint density at radius 3 is 1.87 bits per heavy atom.